The van der Waals surface area contributed by atoms with Crippen molar-refractivity contribution < 1.29 is 4.74 Å². The first-order valence-electron chi connectivity index (χ1n) is 12.9. The molecule has 1 aliphatic rings. The van der Waals surface area contributed by atoms with Gasteiger partial charge in [0.05, 0.1) is 18.7 Å². The zero-order chi connectivity index (χ0) is 24.9. The van der Waals surface area contributed by atoms with E-state index in [-0.39, 0.29) is 17.7 Å². The first kappa shape index (κ1) is 24.3. The third-order valence-electron chi connectivity index (χ3n) is 6.95. The van der Waals surface area contributed by atoms with Crippen molar-refractivity contribution in [1.82, 2.24) is 30.1 Å². The highest BCUT2D eigenvalue weighted by Crippen LogP contribution is 2.28. The Labute approximate surface area is 211 Å². The molecule has 36 heavy (non-hydrogen) atoms. The normalized spacial score (nSPS) is 16.7. The van der Waals surface area contributed by atoms with E-state index in [1.807, 2.05) is 41.1 Å². The van der Waals surface area contributed by atoms with E-state index in [1.54, 1.807) is 0 Å². The minimum absolute atomic E-state index is 0.0366. The van der Waals surface area contributed by atoms with E-state index in [4.69, 9.17) is 4.74 Å². The van der Waals surface area contributed by atoms with Crippen molar-refractivity contribution in [3.8, 4) is 0 Å². The summed E-state index contributed by atoms with van der Waals surface area (Å²) in [5.41, 5.74) is 3.86. The molecule has 2 aromatic heterocycles. The summed E-state index contributed by atoms with van der Waals surface area (Å²) in [4.78, 5) is 18.5. The molecule has 2 atom stereocenters. The Balaban J connectivity index is 1.50. The molecule has 3 heterocycles. The third-order valence-corrected chi connectivity index (χ3v) is 6.95. The van der Waals surface area contributed by atoms with Gasteiger partial charge in [-0.25, -0.2) is 4.68 Å². The van der Waals surface area contributed by atoms with E-state index in [0.717, 1.165) is 66.7 Å². The standard InChI is InChI=1S/C28H34N6O2/c1-3-8-26(27-30-31-32-34(27)17-21-9-5-4-6-10-21)33(19-24-11-7-14-36-24)18-23-16-22-15-20(2)12-13-25(22)29-28(23)35/h4-6,9-10,12-13,15-16,24,26H,3,7-8,11,14,17-19H2,1-2H3,(H,29,35). The number of hydrogen-bond donors (Lipinski definition) is 1. The van der Waals surface area contributed by atoms with Crippen LogP contribution in [0.1, 0.15) is 61.2 Å². The summed E-state index contributed by atoms with van der Waals surface area (Å²) in [6.07, 6.45) is 4.09. The summed E-state index contributed by atoms with van der Waals surface area (Å²) in [6, 6.07) is 18.3. The number of ether oxygens (including phenoxy) is 1. The lowest BCUT2D eigenvalue weighted by atomic mass is 10.0. The zero-order valence-corrected chi connectivity index (χ0v) is 21.1. The Morgan fingerprint density at radius 2 is 2.06 bits per heavy atom. The lowest BCUT2D eigenvalue weighted by Gasteiger charge is -2.32. The molecule has 1 aliphatic heterocycles. The predicted molar refractivity (Wildman–Crippen MR) is 140 cm³/mol. The Morgan fingerprint density at radius 1 is 1.19 bits per heavy atom. The van der Waals surface area contributed by atoms with Crippen LogP contribution in [0.3, 0.4) is 0 Å². The molecule has 1 fully saturated rings. The van der Waals surface area contributed by atoms with Gasteiger partial charge in [0, 0.05) is 30.8 Å². The predicted octanol–water partition coefficient (Wildman–Crippen LogP) is 4.39. The molecule has 0 bridgehead atoms. The van der Waals surface area contributed by atoms with Crippen LogP contribution in [0.2, 0.25) is 0 Å². The zero-order valence-electron chi connectivity index (χ0n) is 21.1. The van der Waals surface area contributed by atoms with Crippen LogP contribution in [-0.4, -0.2) is 49.3 Å². The van der Waals surface area contributed by atoms with Crippen LogP contribution in [0.4, 0.5) is 0 Å². The van der Waals surface area contributed by atoms with Crippen molar-refractivity contribution in [1.29, 1.82) is 0 Å². The summed E-state index contributed by atoms with van der Waals surface area (Å²) in [5.74, 6) is 0.826. The number of nitrogens with one attached hydrogen (secondary N) is 1. The molecule has 0 aliphatic carbocycles. The van der Waals surface area contributed by atoms with Crippen LogP contribution in [0, 0.1) is 6.92 Å². The maximum atomic E-state index is 13.1. The van der Waals surface area contributed by atoms with Gasteiger partial charge < -0.3 is 9.72 Å². The van der Waals surface area contributed by atoms with Crippen LogP contribution in [0.15, 0.2) is 59.4 Å². The van der Waals surface area contributed by atoms with E-state index in [9.17, 15) is 4.79 Å². The number of rotatable bonds is 10. The van der Waals surface area contributed by atoms with Crippen LogP contribution < -0.4 is 5.56 Å². The molecule has 2 unspecified atom stereocenters. The lowest BCUT2D eigenvalue weighted by molar-refractivity contribution is 0.0476. The molecule has 5 rings (SSSR count). The highest BCUT2D eigenvalue weighted by atomic mass is 16.5. The molecule has 188 valence electrons. The molecule has 8 heteroatoms. The van der Waals surface area contributed by atoms with Crippen molar-refractivity contribution in [2.45, 2.75) is 64.8 Å². The van der Waals surface area contributed by atoms with Crippen molar-refractivity contribution in [2.24, 2.45) is 0 Å². The van der Waals surface area contributed by atoms with Crippen molar-refractivity contribution >= 4 is 10.9 Å². The molecule has 0 radical (unpaired) electrons. The minimum atomic E-state index is -0.0529. The van der Waals surface area contributed by atoms with Crippen LogP contribution in [0.25, 0.3) is 10.9 Å². The SMILES string of the molecule is CCCC(c1nnnn1Cc1ccccc1)N(Cc1cc2cc(C)ccc2[nH]c1=O)CC1CCCO1. The Kier molecular flexibility index (Phi) is 7.53. The van der Waals surface area contributed by atoms with E-state index >= 15 is 0 Å². The minimum Gasteiger partial charge on any atom is -0.377 e. The fourth-order valence-electron chi connectivity index (χ4n) is 5.13. The first-order valence-corrected chi connectivity index (χ1v) is 12.9. The molecular weight excluding hydrogens is 452 g/mol. The van der Waals surface area contributed by atoms with Gasteiger partial charge in [-0.15, -0.1) is 5.10 Å². The Bertz CT molecular complexity index is 1340. The number of fused-ring (bicyclic) bond motifs is 1. The smallest absolute Gasteiger partial charge is 0.252 e. The molecule has 0 amide bonds. The lowest BCUT2D eigenvalue weighted by Crippen LogP contribution is -2.38. The fraction of sp³-hybridized carbons (Fsp3) is 0.429. The quantitative estimate of drug-likeness (QED) is 0.358. The Hall–Kier alpha value is -3.36. The van der Waals surface area contributed by atoms with Crippen molar-refractivity contribution in [2.75, 3.05) is 13.2 Å². The molecular formula is C28H34N6O2. The van der Waals surface area contributed by atoms with E-state index in [0.29, 0.717) is 13.1 Å². The number of H-pyrrole nitrogens is 1. The average molecular weight is 487 g/mol. The maximum absolute atomic E-state index is 13.1. The number of aromatic amines is 1. The molecule has 1 N–H and O–H groups in total. The van der Waals surface area contributed by atoms with Crippen LogP contribution in [0.5, 0.6) is 0 Å². The number of hydrogen-bond acceptors (Lipinski definition) is 6. The highest BCUT2D eigenvalue weighted by Gasteiger charge is 2.30. The Morgan fingerprint density at radius 3 is 2.83 bits per heavy atom. The number of aryl methyl sites for hydroxylation is 1. The highest BCUT2D eigenvalue weighted by molar-refractivity contribution is 5.79. The van der Waals surface area contributed by atoms with Gasteiger partial charge in [0.25, 0.3) is 5.56 Å². The second-order valence-corrected chi connectivity index (χ2v) is 9.76. The molecule has 1 saturated heterocycles. The summed E-state index contributed by atoms with van der Waals surface area (Å²) < 4.78 is 7.92. The van der Waals surface area contributed by atoms with Gasteiger partial charge in [0.1, 0.15) is 0 Å². The van der Waals surface area contributed by atoms with Crippen LogP contribution >= 0.6 is 0 Å². The number of pyridine rings is 1. The number of nitrogens with zero attached hydrogens (tertiary/aromatic N) is 5. The topological polar surface area (TPSA) is 88.9 Å². The van der Waals surface area contributed by atoms with E-state index in [2.05, 4.69) is 57.5 Å². The number of tetrazole rings is 1. The van der Waals surface area contributed by atoms with Crippen LogP contribution in [-0.2, 0) is 17.8 Å². The third kappa shape index (κ3) is 5.55. The fourth-order valence-corrected chi connectivity index (χ4v) is 5.13. The summed E-state index contributed by atoms with van der Waals surface area (Å²) in [6.45, 7) is 6.87. The van der Waals surface area contributed by atoms with Gasteiger partial charge in [-0.05, 0) is 65.8 Å². The maximum Gasteiger partial charge on any atom is 0.252 e. The summed E-state index contributed by atoms with van der Waals surface area (Å²) in [5, 5.41) is 13.9. The summed E-state index contributed by atoms with van der Waals surface area (Å²) >= 11 is 0. The van der Waals surface area contributed by atoms with Gasteiger partial charge in [-0.2, -0.15) is 0 Å². The second kappa shape index (κ2) is 11.1. The number of benzene rings is 2. The van der Waals surface area contributed by atoms with E-state index in [1.165, 1.54) is 5.56 Å². The van der Waals surface area contributed by atoms with Gasteiger partial charge in [0.15, 0.2) is 5.82 Å². The first-order chi connectivity index (χ1) is 17.6. The van der Waals surface area contributed by atoms with Crippen molar-refractivity contribution in [3.05, 3.63) is 87.5 Å². The molecule has 4 aromatic rings. The molecule has 0 saturated carbocycles. The summed E-state index contributed by atoms with van der Waals surface area (Å²) in [7, 11) is 0. The largest absolute Gasteiger partial charge is 0.377 e. The van der Waals surface area contributed by atoms with Gasteiger partial charge in [-0.1, -0.05) is 55.3 Å². The van der Waals surface area contributed by atoms with Gasteiger partial charge in [0.2, 0.25) is 0 Å². The monoisotopic (exact) mass is 486 g/mol. The second-order valence-electron chi connectivity index (χ2n) is 9.76. The molecule has 2 aromatic carbocycles. The van der Waals surface area contributed by atoms with Gasteiger partial charge in [-0.3, -0.25) is 9.69 Å². The van der Waals surface area contributed by atoms with Gasteiger partial charge >= 0.3 is 0 Å². The average Bonchev–Trinajstić information content (AvgIpc) is 3.56. The molecule has 0 spiro atoms. The molecule has 8 nitrogen and oxygen atoms in total. The van der Waals surface area contributed by atoms with Crippen molar-refractivity contribution in [3.63, 3.8) is 0 Å². The number of aromatic nitrogens is 5. The van der Waals surface area contributed by atoms with E-state index < -0.39 is 0 Å².